The van der Waals surface area contributed by atoms with Gasteiger partial charge in [0.25, 0.3) is 0 Å². The van der Waals surface area contributed by atoms with Crippen molar-refractivity contribution in [1.29, 1.82) is 0 Å². The molecule has 2 N–H and O–H groups in total. The third-order valence-electron chi connectivity index (χ3n) is 5.66. The molecule has 3 aromatic rings. The van der Waals surface area contributed by atoms with E-state index in [1.807, 2.05) is 84.3 Å². The number of amides is 2. The van der Waals surface area contributed by atoms with Crippen LogP contribution in [0.2, 0.25) is 0 Å². The Morgan fingerprint density at radius 2 is 1.88 bits per heavy atom. The summed E-state index contributed by atoms with van der Waals surface area (Å²) in [4.78, 5) is 28.8. The van der Waals surface area contributed by atoms with Crippen molar-refractivity contribution in [1.82, 2.24) is 20.0 Å². The Balaban J connectivity index is 1.61. The van der Waals surface area contributed by atoms with Crippen molar-refractivity contribution < 1.29 is 9.59 Å². The molecule has 1 unspecified atom stereocenters. The molecule has 1 fully saturated rings. The normalized spacial score (nSPS) is 16.6. The zero-order valence-corrected chi connectivity index (χ0v) is 19.3. The van der Waals surface area contributed by atoms with Crippen LogP contribution in [-0.2, 0) is 9.59 Å². The van der Waals surface area contributed by atoms with E-state index in [1.165, 1.54) is 0 Å². The molecule has 2 amide bonds. The van der Waals surface area contributed by atoms with E-state index in [4.69, 9.17) is 5.10 Å². The average molecular weight is 450 g/mol. The fourth-order valence-corrected chi connectivity index (χ4v) is 4.75. The number of hydrogen-bond acceptors (Lipinski definition) is 5. The lowest BCUT2D eigenvalue weighted by Crippen LogP contribution is -2.52. The van der Waals surface area contributed by atoms with Crippen molar-refractivity contribution in [2.45, 2.75) is 24.8 Å². The molecule has 2 aromatic carbocycles. The fraction of sp³-hybridized carbons (Fsp3) is 0.292. The number of benzene rings is 2. The first-order chi connectivity index (χ1) is 15.5. The highest BCUT2D eigenvalue weighted by Gasteiger charge is 2.36. The molecule has 2 heterocycles. The van der Waals surface area contributed by atoms with E-state index >= 15 is 0 Å². The topological polar surface area (TPSA) is 79.3 Å². The summed E-state index contributed by atoms with van der Waals surface area (Å²) in [5.41, 5.74) is 4.25. The van der Waals surface area contributed by atoms with Gasteiger partial charge in [0.05, 0.1) is 23.6 Å². The van der Waals surface area contributed by atoms with Gasteiger partial charge in [0.1, 0.15) is 6.04 Å². The average Bonchev–Trinajstić information content (AvgIpc) is 3.09. The molecule has 8 heteroatoms. The number of carbonyl (C=O) groups excluding carboxylic acids is 2. The second-order valence-electron chi connectivity index (χ2n) is 7.74. The highest BCUT2D eigenvalue weighted by Crippen LogP contribution is 2.30. The van der Waals surface area contributed by atoms with Crippen molar-refractivity contribution in [2.24, 2.45) is 0 Å². The number of nitrogens with zero attached hydrogens (tertiary/aromatic N) is 3. The van der Waals surface area contributed by atoms with Crippen molar-refractivity contribution in [3.63, 3.8) is 0 Å². The molecule has 0 saturated carbocycles. The smallest absolute Gasteiger partial charge is 0.242 e. The van der Waals surface area contributed by atoms with E-state index in [0.29, 0.717) is 13.1 Å². The summed E-state index contributed by atoms with van der Waals surface area (Å²) in [6.45, 7) is 5.10. The van der Waals surface area contributed by atoms with Crippen LogP contribution >= 0.6 is 11.8 Å². The molecule has 0 bridgehead atoms. The molecule has 166 valence electrons. The van der Waals surface area contributed by atoms with Gasteiger partial charge in [0, 0.05) is 29.2 Å². The maximum Gasteiger partial charge on any atom is 0.242 e. The molecule has 1 aliphatic rings. The number of aryl methyl sites for hydroxylation is 1. The first-order valence-corrected chi connectivity index (χ1v) is 11.8. The Hall–Kier alpha value is -3.10. The Morgan fingerprint density at radius 1 is 1.16 bits per heavy atom. The minimum atomic E-state index is -0.567. The van der Waals surface area contributed by atoms with Crippen molar-refractivity contribution >= 4 is 29.3 Å². The molecule has 1 aliphatic heterocycles. The van der Waals surface area contributed by atoms with Crippen LogP contribution in [0, 0.1) is 13.8 Å². The van der Waals surface area contributed by atoms with Gasteiger partial charge in [0.15, 0.2) is 0 Å². The standard InChI is InChI=1S/C24H27N5O2S/c1-16-22(17(2)29(27-16)18-9-5-4-6-10-18)23-24(31)25-13-14-28(23)15-21(30)26-19-11-7-8-12-20(19)32-3/h4-12,23H,13-15H2,1-3H3,(H,25,31)(H,26,30). The largest absolute Gasteiger partial charge is 0.353 e. The molecule has 32 heavy (non-hydrogen) atoms. The lowest BCUT2D eigenvalue weighted by atomic mass is 10.00. The first-order valence-electron chi connectivity index (χ1n) is 10.6. The minimum absolute atomic E-state index is 0.104. The lowest BCUT2D eigenvalue weighted by molar-refractivity contribution is -0.130. The van der Waals surface area contributed by atoms with E-state index in [-0.39, 0.29) is 18.4 Å². The number of thioether (sulfide) groups is 1. The summed E-state index contributed by atoms with van der Waals surface area (Å²) < 4.78 is 1.86. The number of piperazine rings is 1. The van der Waals surface area contributed by atoms with Gasteiger partial charge in [-0.1, -0.05) is 30.3 Å². The summed E-state index contributed by atoms with van der Waals surface area (Å²) in [6.07, 6.45) is 1.98. The van der Waals surface area contributed by atoms with Crippen LogP contribution in [0.5, 0.6) is 0 Å². The summed E-state index contributed by atoms with van der Waals surface area (Å²) in [5, 5.41) is 10.7. The number of para-hydroxylation sites is 2. The second-order valence-corrected chi connectivity index (χ2v) is 8.59. The Bertz CT molecular complexity index is 1130. The van der Waals surface area contributed by atoms with Gasteiger partial charge in [0.2, 0.25) is 11.8 Å². The maximum absolute atomic E-state index is 13.0. The molecular formula is C24H27N5O2S. The number of carbonyl (C=O) groups is 2. The van der Waals surface area contributed by atoms with Gasteiger partial charge in [-0.2, -0.15) is 5.10 Å². The van der Waals surface area contributed by atoms with Crippen LogP contribution in [0.1, 0.15) is 23.0 Å². The monoisotopic (exact) mass is 449 g/mol. The van der Waals surface area contributed by atoms with Crippen LogP contribution in [0.4, 0.5) is 5.69 Å². The summed E-state index contributed by atoms with van der Waals surface area (Å²) in [6, 6.07) is 17.0. The van der Waals surface area contributed by atoms with E-state index in [1.54, 1.807) is 11.8 Å². The van der Waals surface area contributed by atoms with E-state index in [2.05, 4.69) is 10.6 Å². The predicted octanol–water partition coefficient (Wildman–Crippen LogP) is 3.32. The maximum atomic E-state index is 13.0. The van der Waals surface area contributed by atoms with E-state index < -0.39 is 6.04 Å². The summed E-state index contributed by atoms with van der Waals surface area (Å²) in [5.74, 6) is -0.246. The van der Waals surface area contributed by atoms with E-state index in [0.717, 1.165) is 33.2 Å². The molecule has 1 saturated heterocycles. The summed E-state index contributed by atoms with van der Waals surface area (Å²) in [7, 11) is 0. The predicted molar refractivity (Wildman–Crippen MR) is 127 cm³/mol. The van der Waals surface area contributed by atoms with Gasteiger partial charge < -0.3 is 10.6 Å². The highest BCUT2D eigenvalue weighted by atomic mass is 32.2. The van der Waals surface area contributed by atoms with Crippen LogP contribution < -0.4 is 10.6 Å². The van der Waals surface area contributed by atoms with Gasteiger partial charge in [-0.15, -0.1) is 11.8 Å². The Morgan fingerprint density at radius 3 is 2.62 bits per heavy atom. The third kappa shape index (κ3) is 4.42. The van der Waals surface area contributed by atoms with Crippen LogP contribution in [-0.4, -0.2) is 52.4 Å². The minimum Gasteiger partial charge on any atom is -0.353 e. The molecule has 4 rings (SSSR count). The number of nitrogens with one attached hydrogen (secondary N) is 2. The quantitative estimate of drug-likeness (QED) is 0.565. The third-order valence-corrected chi connectivity index (χ3v) is 6.46. The highest BCUT2D eigenvalue weighted by molar-refractivity contribution is 7.98. The number of aromatic nitrogens is 2. The second kappa shape index (κ2) is 9.58. The lowest BCUT2D eigenvalue weighted by Gasteiger charge is -2.34. The fourth-order valence-electron chi connectivity index (χ4n) is 4.19. The summed E-state index contributed by atoms with van der Waals surface area (Å²) >= 11 is 1.58. The molecule has 0 radical (unpaired) electrons. The van der Waals surface area contributed by atoms with Gasteiger partial charge >= 0.3 is 0 Å². The molecule has 1 atom stereocenters. The van der Waals surface area contributed by atoms with Gasteiger partial charge in [-0.3, -0.25) is 14.5 Å². The number of hydrogen-bond donors (Lipinski definition) is 2. The van der Waals surface area contributed by atoms with Crippen molar-refractivity contribution in [2.75, 3.05) is 31.2 Å². The molecular weight excluding hydrogens is 422 g/mol. The molecule has 7 nitrogen and oxygen atoms in total. The van der Waals surface area contributed by atoms with Crippen LogP contribution in [0.25, 0.3) is 5.69 Å². The first kappa shape index (κ1) is 22.1. The van der Waals surface area contributed by atoms with Gasteiger partial charge in [-0.05, 0) is 44.4 Å². The molecule has 0 spiro atoms. The zero-order valence-electron chi connectivity index (χ0n) is 18.5. The van der Waals surface area contributed by atoms with Crippen molar-refractivity contribution in [3.8, 4) is 5.69 Å². The zero-order chi connectivity index (χ0) is 22.7. The molecule has 1 aromatic heterocycles. The molecule has 0 aliphatic carbocycles. The van der Waals surface area contributed by atoms with Gasteiger partial charge in [-0.25, -0.2) is 4.68 Å². The number of anilines is 1. The number of rotatable bonds is 6. The Labute approximate surface area is 192 Å². The van der Waals surface area contributed by atoms with Crippen LogP contribution in [0.15, 0.2) is 59.5 Å². The Kier molecular flexibility index (Phi) is 6.62. The van der Waals surface area contributed by atoms with Crippen molar-refractivity contribution in [3.05, 3.63) is 71.5 Å². The SMILES string of the molecule is CSc1ccccc1NC(=O)CN1CCNC(=O)C1c1c(C)nn(-c2ccccc2)c1C. The van der Waals surface area contributed by atoms with Crippen LogP contribution in [0.3, 0.4) is 0 Å². The van der Waals surface area contributed by atoms with E-state index in [9.17, 15) is 9.59 Å².